The van der Waals surface area contributed by atoms with Gasteiger partial charge < -0.3 is 9.47 Å². The molecule has 29 heavy (non-hydrogen) atoms. The first kappa shape index (κ1) is 19.2. The summed E-state index contributed by atoms with van der Waals surface area (Å²) in [6.07, 6.45) is 1.74. The number of nitrogens with one attached hydrogen (secondary N) is 1. The van der Waals surface area contributed by atoms with Gasteiger partial charge in [0.05, 0.1) is 23.8 Å². The highest BCUT2D eigenvalue weighted by molar-refractivity contribution is 7.71. The zero-order chi connectivity index (χ0) is 20.7. The van der Waals surface area contributed by atoms with E-state index in [9.17, 15) is 18.4 Å². The molecule has 2 heterocycles. The van der Waals surface area contributed by atoms with E-state index in [2.05, 4.69) is 14.7 Å². The van der Waals surface area contributed by atoms with Gasteiger partial charge in [-0.3, -0.25) is 14.3 Å². The number of alkyl halides is 2. The number of benzene rings is 1. The highest BCUT2D eigenvalue weighted by atomic mass is 32.1. The van der Waals surface area contributed by atoms with Crippen LogP contribution in [0.25, 0.3) is 22.3 Å². The third-order valence-corrected chi connectivity index (χ3v) is 4.87. The third-order valence-electron chi connectivity index (χ3n) is 4.57. The van der Waals surface area contributed by atoms with Crippen LogP contribution in [0, 0.1) is 4.77 Å². The number of nitrogens with zero attached hydrogens (tertiary/aromatic N) is 2. The molecule has 1 aliphatic carbocycles. The lowest BCUT2D eigenvalue weighted by atomic mass is 10.1. The van der Waals surface area contributed by atoms with Gasteiger partial charge in [-0.1, -0.05) is 12.1 Å². The minimum absolute atomic E-state index is 0.0123. The molecular formula is C19H15F2N3O4S. The third kappa shape index (κ3) is 3.63. The Balaban J connectivity index is 2.01. The number of pyridine rings is 1. The predicted octanol–water partition coefficient (Wildman–Crippen LogP) is 3.84. The summed E-state index contributed by atoms with van der Waals surface area (Å²) in [7, 11) is 1.20. The van der Waals surface area contributed by atoms with Crippen molar-refractivity contribution in [2.75, 3.05) is 7.11 Å². The van der Waals surface area contributed by atoms with Crippen LogP contribution in [0.1, 0.15) is 29.2 Å². The lowest BCUT2D eigenvalue weighted by Crippen LogP contribution is -2.19. The fraction of sp³-hybridized carbons (Fsp3) is 0.263. The van der Waals surface area contributed by atoms with Gasteiger partial charge in [0.15, 0.2) is 4.77 Å². The van der Waals surface area contributed by atoms with Crippen molar-refractivity contribution in [2.24, 2.45) is 0 Å². The molecule has 0 unspecified atom stereocenters. The number of rotatable bonds is 5. The summed E-state index contributed by atoms with van der Waals surface area (Å²) in [6, 6.07) is 7.40. The number of carbonyl (C=O) groups excluding carboxylic acids is 1. The zero-order valence-corrected chi connectivity index (χ0v) is 16.0. The van der Waals surface area contributed by atoms with E-state index in [1.807, 2.05) is 0 Å². The molecule has 0 atom stereocenters. The molecule has 3 aromatic rings. The number of ether oxygens (including phenoxy) is 2. The maximum absolute atomic E-state index is 12.6. The smallest absolute Gasteiger partial charge is 0.387 e. The summed E-state index contributed by atoms with van der Waals surface area (Å²) in [5.74, 6) is -0.771. The van der Waals surface area contributed by atoms with Crippen molar-refractivity contribution in [2.45, 2.75) is 25.5 Å². The van der Waals surface area contributed by atoms with Gasteiger partial charge in [0.2, 0.25) is 0 Å². The summed E-state index contributed by atoms with van der Waals surface area (Å²) in [4.78, 5) is 32.1. The number of H-pyrrole nitrogens is 1. The van der Waals surface area contributed by atoms with Crippen LogP contribution in [0.2, 0.25) is 0 Å². The molecule has 1 aromatic carbocycles. The summed E-state index contributed by atoms with van der Waals surface area (Å²) < 4.78 is 36.3. The van der Waals surface area contributed by atoms with E-state index in [-0.39, 0.29) is 33.2 Å². The first-order valence-corrected chi connectivity index (χ1v) is 9.13. The lowest BCUT2D eigenvalue weighted by molar-refractivity contribution is -0.0498. The second-order valence-corrected chi connectivity index (χ2v) is 6.90. The standard InChI is InChI=1S/C19H15F2N3O4S/c1-27-17(26)12-8-13(9-3-2-4-11(7-9)28-18(20)21)22-15-14(12)16(25)23-19(29)24(15)10-5-6-10/h2-4,7-8,10,18H,5-6H2,1H3,(H,23,25,29). The Bertz CT molecular complexity index is 1230. The monoisotopic (exact) mass is 419 g/mol. The number of fused-ring (bicyclic) bond motifs is 1. The second-order valence-electron chi connectivity index (χ2n) is 6.51. The van der Waals surface area contributed by atoms with E-state index in [1.54, 1.807) is 10.6 Å². The normalized spacial score (nSPS) is 13.7. The Morgan fingerprint density at radius 1 is 1.34 bits per heavy atom. The van der Waals surface area contributed by atoms with E-state index in [1.165, 1.54) is 31.4 Å². The van der Waals surface area contributed by atoms with Crippen molar-refractivity contribution in [1.82, 2.24) is 14.5 Å². The molecule has 2 aromatic heterocycles. The molecule has 1 fully saturated rings. The first-order chi connectivity index (χ1) is 13.9. The number of carbonyl (C=O) groups is 1. The van der Waals surface area contributed by atoms with Gasteiger partial charge in [-0.25, -0.2) is 9.78 Å². The maximum Gasteiger partial charge on any atom is 0.387 e. The number of hydrogen-bond acceptors (Lipinski definition) is 6. The van der Waals surface area contributed by atoms with Crippen molar-refractivity contribution in [3.63, 3.8) is 0 Å². The first-order valence-electron chi connectivity index (χ1n) is 8.72. The summed E-state index contributed by atoms with van der Waals surface area (Å²) in [6.45, 7) is -2.97. The van der Waals surface area contributed by atoms with Crippen LogP contribution in [0.5, 0.6) is 5.75 Å². The van der Waals surface area contributed by atoms with Gasteiger partial charge >= 0.3 is 12.6 Å². The van der Waals surface area contributed by atoms with Crippen LogP contribution < -0.4 is 10.3 Å². The number of aromatic amines is 1. The minimum atomic E-state index is -2.97. The molecule has 1 N–H and O–H groups in total. The number of halogens is 2. The largest absolute Gasteiger partial charge is 0.465 e. The minimum Gasteiger partial charge on any atom is -0.465 e. The number of aromatic nitrogens is 3. The van der Waals surface area contributed by atoms with Crippen LogP contribution >= 0.6 is 12.2 Å². The van der Waals surface area contributed by atoms with Crippen molar-refractivity contribution in [3.8, 4) is 17.0 Å². The molecule has 1 saturated carbocycles. The van der Waals surface area contributed by atoms with Gasteiger partial charge in [0.25, 0.3) is 5.56 Å². The van der Waals surface area contributed by atoms with Crippen LogP contribution in [0.3, 0.4) is 0 Å². The van der Waals surface area contributed by atoms with Crippen LogP contribution in [-0.2, 0) is 4.74 Å². The van der Waals surface area contributed by atoms with Crippen molar-refractivity contribution in [1.29, 1.82) is 0 Å². The van der Waals surface area contributed by atoms with Crippen LogP contribution in [0.15, 0.2) is 35.1 Å². The van der Waals surface area contributed by atoms with Crippen molar-refractivity contribution in [3.05, 3.63) is 51.0 Å². The molecule has 4 rings (SSSR count). The summed E-state index contributed by atoms with van der Waals surface area (Å²) >= 11 is 5.30. The molecule has 0 saturated heterocycles. The van der Waals surface area contributed by atoms with E-state index in [4.69, 9.17) is 17.0 Å². The molecule has 0 radical (unpaired) electrons. The number of hydrogen-bond donors (Lipinski definition) is 1. The molecule has 150 valence electrons. The summed E-state index contributed by atoms with van der Waals surface area (Å²) in [5.41, 5.74) is 0.449. The molecule has 10 heteroatoms. The molecule has 1 aliphatic rings. The topological polar surface area (TPSA) is 86.2 Å². The molecule has 7 nitrogen and oxygen atoms in total. The number of esters is 1. The Labute approximate surface area is 167 Å². The van der Waals surface area contributed by atoms with E-state index >= 15 is 0 Å². The van der Waals surface area contributed by atoms with Crippen molar-refractivity contribution >= 4 is 29.2 Å². The van der Waals surface area contributed by atoms with Crippen molar-refractivity contribution < 1.29 is 23.0 Å². The SMILES string of the molecule is COC(=O)c1cc(-c2cccc(OC(F)F)c2)nc2c1c(=O)[nH]c(=S)n2C1CC1. The Kier molecular flexibility index (Phi) is 4.87. The predicted molar refractivity (Wildman–Crippen MR) is 103 cm³/mol. The lowest BCUT2D eigenvalue weighted by Gasteiger charge is -2.14. The van der Waals surface area contributed by atoms with Gasteiger partial charge in [0.1, 0.15) is 11.4 Å². The van der Waals surface area contributed by atoms with Gasteiger partial charge in [-0.2, -0.15) is 8.78 Å². The van der Waals surface area contributed by atoms with Gasteiger partial charge in [-0.15, -0.1) is 0 Å². The molecule has 0 aliphatic heterocycles. The quantitative estimate of drug-likeness (QED) is 0.500. The molecule has 0 bridgehead atoms. The zero-order valence-electron chi connectivity index (χ0n) is 15.1. The molecule has 0 amide bonds. The number of methoxy groups -OCH3 is 1. The van der Waals surface area contributed by atoms with E-state index in [0.717, 1.165) is 12.8 Å². The molecular weight excluding hydrogens is 404 g/mol. The Morgan fingerprint density at radius 3 is 2.76 bits per heavy atom. The van der Waals surface area contributed by atoms with Gasteiger partial charge in [-0.05, 0) is 43.3 Å². The Hall–Kier alpha value is -3.14. The molecule has 0 spiro atoms. The van der Waals surface area contributed by atoms with E-state index in [0.29, 0.717) is 11.3 Å². The highest BCUT2D eigenvalue weighted by Gasteiger charge is 2.28. The second kappa shape index (κ2) is 7.36. The Morgan fingerprint density at radius 2 is 2.10 bits per heavy atom. The maximum atomic E-state index is 12.6. The average molecular weight is 419 g/mol. The highest BCUT2D eigenvalue weighted by Crippen LogP contribution is 2.37. The average Bonchev–Trinajstić information content (AvgIpc) is 3.51. The fourth-order valence-corrected chi connectivity index (χ4v) is 3.50. The summed E-state index contributed by atoms with van der Waals surface area (Å²) in [5, 5.41) is 0.0704. The van der Waals surface area contributed by atoms with Crippen LogP contribution in [-0.4, -0.2) is 34.2 Å². The van der Waals surface area contributed by atoms with E-state index < -0.39 is 18.1 Å². The fourth-order valence-electron chi connectivity index (χ4n) is 3.17. The van der Waals surface area contributed by atoms with Gasteiger partial charge in [0, 0.05) is 11.6 Å². The van der Waals surface area contributed by atoms with Crippen LogP contribution in [0.4, 0.5) is 8.78 Å².